The molecule has 24 heavy (non-hydrogen) atoms. The van der Waals surface area contributed by atoms with E-state index >= 15 is 0 Å². The van der Waals surface area contributed by atoms with E-state index in [4.69, 9.17) is 0 Å². The zero-order valence-electron chi connectivity index (χ0n) is 13.0. The van der Waals surface area contributed by atoms with Gasteiger partial charge in [-0.2, -0.15) is 0 Å². The monoisotopic (exact) mass is 320 g/mol. The number of halogens is 1. The highest BCUT2D eigenvalue weighted by Crippen LogP contribution is 2.27. The SMILES string of the molecule is O=C(NCc1ccccc1F)Nc1ccccc1-c1ccccc1. The first-order valence-corrected chi connectivity index (χ1v) is 7.67. The molecule has 0 unspecified atom stereocenters. The van der Waals surface area contributed by atoms with Crippen molar-refractivity contribution in [1.29, 1.82) is 0 Å². The molecule has 0 spiro atoms. The van der Waals surface area contributed by atoms with Crippen LogP contribution in [0.5, 0.6) is 0 Å². The molecule has 120 valence electrons. The minimum Gasteiger partial charge on any atom is -0.334 e. The Morgan fingerprint density at radius 1 is 0.833 bits per heavy atom. The van der Waals surface area contributed by atoms with Crippen molar-refractivity contribution in [2.45, 2.75) is 6.54 Å². The highest BCUT2D eigenvalue weighted by Gasteiger charge is 2.08. The maximum absolute atomic E-state index is 13.6. The van der Waals surface area contributed by atoms with Gasteiger partial charge in [-0.25, -0.2) is 9.18 Å². The standard InChI is InChI=1S/C20H17FN2O/c21-18-12-6-4-10-16(18)14-22-20(24)23-19-13-7-5-11-17(19)15-8-2-1-3-9-15/h1-13H,14H2,(H2,22,23,24). The Morgan fingerprint density at radius 3 is 2.29 bits per heavy atom. The normalized spacial score (nSPS) is 10.2. The zero-order chi connectivity index (χ0) is 16.8. The van der Waals surface area contributed by atoms with Gasteiger partial charge in [-0.15, -0.1) is 0 Å². The molecule has 0 heterocycles. The van der Waals surface area contributed by atoms with Gasteiger partial charge in [-0.3, -0.25) is 0 Å². The Bertz CT molecular complexity index is 834. The van der Waals surface area contributed by atoms with E-state index < -0.39 is 0 Å². The number of benzene rings is 3. The summed E-state index contributed by atoms with van der Waals surface area (Å²) in [5, 5.41) is 5.50. The van der Waals surface area contributed by atoms with E-state index in [-0.39, 0.29) is 18.4 Å². The van der Waals surface area contributed by atoms with E-state index in [1.54, 1.807) is 18.2 Å². The molecule has 0 saturated carbocycles. The predicted octanol–water partition coefficient (Wildman–Crippen LogP) is 4.81. The van der Waals surface area contributed by atoms with Crippen molar-refractivity contribution in [3.8, 4) is 11.1 Å². The van der Waals surface area contributed by atoms with Gasteiger partial charge in [0.2, 0.25) is 0 Å². The Hall–Kier alpha value is -3.14. The molecule has 0 atom stereocenters. The van der Waals surface area contributed by atoms with Crippen LogP contribution in [0.1, 0.15) is 5.56 Å². The largest absolute Gasteiger partial charge is 0.334 e. The summed E-state index contributed by atoms with van der Waals surface area (Å²) in [4.78, 5) is 12.1. The minimum absolute atomic E-state index is 0.131. The molecule has 3 aromatic rings. The van der Waals surface area contributed by atoms with Gasteiger partial charge < -0.3 is 10.6 Å². The van der Waals surface area contributed by atoms with Crippen LogP contribution in [0.2, 0.25) is 0 Å². The van der Waals surface area contributed by atoms with Crippen LogP contribution in [-0.4, -0.2) is 6.03 Å². The highest BCUT2D eigenvalue weighted by atomic mass is 19.1. The number of amides is 2. The molecule has 4 heteroatoms. The number of carbonyl (C=O) groups excluding carboxylic acids is 1. The first-order chi connectivity index (χ1) is 11.7. The third-order valence-electron chi connectivity index (χ3n) is 3.66. The van der Waals surface area contributed by atoms with E-state index in [9.17, 15) is 9.18 Å². The molecule has 0 aliphatic rings. The fraction of sp³-hybridized carbons (Fsp3) is 0.0500. The number of hydrogen-bond donors (Lipinski definition) is 2. The van der Waals surface area contributed by atoms with Crippen molar-refractivity contribution in [2.24, 2.45) is 0 Å². The van der Waals surface area contributed by atoms with Gasteiger partial charge in [0.05, 0.1) is 5.69 Å². The third kappa shape index (κ3) is 3.79. The van der Waals surface area contributed by atoms with Gasteiger partial charge in [0, 0.05) is 17.7 Å². The summed E-state index contributed by atoms with van der Waals surface area (Å²) in [6.45, 7) is 0.131. The van der Waals surface area contributed by atoms with Crippen molar-refractivity contribution >= 4 is 11.7 Å². The summed E-state index contributed by atoms with van der Waals surface area (Å²) in [6.07, 6.45) is 0. The van der Waals surface area contributed by atoms with E-state index in [2.05, 4.69) is 10.6 Å². The number of hydrogen-bond acceptors (Lipinski definition) is 1. The molecular weight excluding hydrogens is 303 g/mol. The minimum atomic E-state index is -0.373. The third-order valence-corrected chi connectivity index (χ3v) is 3.66. The maximum Gasteiger partial charge on any atom is 0.319 e. The first kappa shape index (κ1) is 15.7. The molecule has 0 bridgehead atoms. The van der Waals surface area contributed by atoms with Gasteiger partial charge in [0.1, 0.15) is 5.82 Å². The van der Waals surface area contributed by atoms with Crippen molar-refractivity contribution in [1.82, 2.24) is 5.32 Å². The van der Waals surface area contributed by atoms with E-state index in [1.165, 1.54) is 6.07 Å². The number of carbonyl (C=O) groups is 1. The molecule has 0 aromatic heterocycles. The summed E-state index contributed by atoms with van der Waals surface area (Å²) in [6, 6.07) is 23.4. The fourth-order valence-corrected chi connectivity index (χ4v) is 2.45. The molecule has 0 aliphatic carbocycles. The molecule has 0 saturated heterocycles. The number of anilines is 1. The molecule has 0 radical (unpaired) electrons. The number of urea groups is 1. The van der Waals surface area contributed by atoms with Crippen molar-refractivity contribution in [3.05, 3.63) is 90.2 Å². The second kappa shape index (κ2) is 7.42. The zero-order valence-corrected chi connectivity index (χ0v) is 13.0. The van der Waals surface area contributed by atoms with E-state index in [1.807, 2.05) is 54.6 Å². The molecule has 2 N–H and O–H groups in total. The lowest BCUT2D eigenvalue weighted by molar-refractivity contribution is 0.251. The lowest BCUT2D eigenvalue weighted by Crippen LogP contribution is -2.28. The lowest BCUT2D eigenvalue weighted by atomic mass is 10.0. The van der Waals surface area contributed by atoms with Crippen LogP contribution in [0.15, 0.2) is 78.9 Å². The fourth-order valence-electron chi connectivity index (χ4n) is 2.45. The molecular formula is C20H17FN2O. The lowest BCUT2D eigenvalue weighted by Gasteiger charge is -2.12. The van der Waals surface area contributed by atoms with Crippen LogP contribution >= 0.6 is 0 Å². The first-order valence-electron chi connectivity index (χ1n) is 7.67. The summed E-state index contributed by atoms with van der Waals surface area (Å²) < 4.78 is 13.6. The number of rotatable bonds is 4. The summed E-state index contributed by atoms with van der Waals surface area (Å²) in [5.41, 5.74) is 3.10. The second-order valence-corrected chi connectivity index (χ2v) is 5.31. The van der Waals surface area contributed by atoms with E-state index in [0.717, 1.165) is 11.1 Å². The average Bonchev–Trinajstić information content (AvgIpc) is 2.62. The number of para-hydroxylation sites is 1. The molecule has 0 fully saturated rings. The summed E-state index contributed by atoms with van der Waals surface area (Å²) >= 11 is 0. The molecule has 0 aliphatic heterocycles. The van der Waals surface area contributed by atoms with Crippen LogP contribution in [0.25, 0.3) is 11.1 Å². The molecule has 2 amide bonds. The van der Waals surface area contributed by atoms with Crippen LogP contribution in [0, 0.1) is 5.82 Å². The van der Waals surface area contributed by atoms with Crippen LogP contribution < -0.4 is 10.6 Å². The molecule has 3 rings (SSSR count). The quantitative estimate of drug-likeness (QED) is 0.711. The molecule has 3 nitrogen and oxygen atoms in total. The van der Waals surface area contributed by atoms with Crippen LogP contribution in [0.3, 0.4) is 0 Å². The highest BCUT2D eigenvalue weighted by molar-refractivity contribution is 5.94. The van der Waals surface area contributed by atoms with Gasteiger partial charge in [-0.1, -0.05) is 66.7 Å². The Balaban J connectivity index is 1.70. The van der Waals surface area contributed by atoms with Crippen molar-refractivity contribution in [3.63, 3.8) is 0 Å². The van der Waals surface area contributed by atoms with Crippen LogP contribution in [0.4, 0.5) is 14.9 Å². The van der Waals surface area contributed by atoms with Crippen molar-refractivity contribution < 1.29 is 9.18 Å². The topological polar surface area (TPSA) is 41.1 Å². The summed E-state index contributed by atoms with van der Waals surface area (Å²) in [5.74, 6) is -0.331. The summed E-state index contributed by atoms with van der Waals surface area (Å²) in [7, 11) is 0. The van der Waals surface area contributed by atoms with Gasteiger partial charge >= 0.3 is 6.03 Å². The van der Waals surface area contributed by atoms with Gasteiger partial charge in [-0.05, 0) is 17.7 Å². The van der Waals surface area contributed by atoms with Crippen molar-refractivity contribution in [2.75, 3.05) is 5.32 Å². The van der Waals surface area contributed by atoms with Crippen LogP contribution in [-0.2, 0) is 6.54 Å². The Morgan fingerprint density at radius 2 is 1.50 bits per heavy atom. The second-order valence-electron chi connectivity index (χ2n) is 5.31. The average molecular weight is 320 g/mol. The maximum atomic E-state index is 13.6. The van der Waals surface area contributed by atoms with E-state index in [0.29, 0.717) is 11.3 Å². The number of nitrogens with one attached hydrogen (secondary N) is 2. The molecule has 3 aromatic carbocycles. The predicted molar refractivity (Wildman–Crippen MR) is 94.1 cm³/mol. The van der Waals surface area contributed by atoms with Gasteiger partial charge in [0.15, 0.2) is 0 Å². The Kier molecular flexibility index (Phi) is 4.87. The Labute approximate surface area is 140 Å². The van der Waals surface area contributed by atoms with Gasteiger partial charge in [0.25, 0.3) is 0 Å². The smallest absolute Gasteiger partial charge is 0.319 e.